The van der Waals surface area contributed by atoms with Crippen LogP contribution in [0.15, 0.2) is 12.3 Å². The van der Waals surface area contributed by atoms with Crippen LogP contribution in [0.5, 0.6) is 0 Å². The summed E-state index contributed by atoms with van der Waals surface area (Å²) in [7, 11) is -5.69. The van der Waals surface area contributed by atoms with Gasteiger partial charge in [0, 0.05) is 12.8 Å². The number of alkyl halides is 3. The standard InChI is InChI=1S/C13H15F3N2O4S/c14-13(15,16)23(19,20)22-11-5-3-4-10-9(11)8-18(17-10)12-6-1-2-7-21-12/h5,8,12H,1-4,6-7H2. The second-order valence-electron chi connectivity index (χ2n) is 5.38. The second-order valence-corrected chi connectivity index (χ2v) is 6.92. The Balaban J connectivity index is 1.86. The molecule has 128 valence electrons. The third-order valence-corrected chi connectivity index (χ3v) is 4.68. The average Bonchev–Trinajstić information content (AvgIpc) is 2.92. The van der Waals surface area contributed by atoms with Gasteiger partial charge in [0.1, 0.15) is 12.0 Å². The van der Waals surface area contributed by atoms with Crippen molar-refractivity contribution in [3.8, 4) is 0 Å². The Bertz CT molecular complexity index is 718. The third kappa shape index (κ3) is 3.23. The zero-order valence-corrected chi connectivity index (χ0v) is 12.9. The predicted molar refractivity (Wildman–Crippen MR) is 73.4 cm³/mol. The highest BCUT2D eigenvalue weighted by Crippen LogP contribution is 2.34. The van der Waals surface area contributed by atoms with Crippen LogP contribution >= 0.6 is 0 Å². The molecule has 1 aliphatic carbocycles. The number of fused-ring (bicyclic) bond motifs is 1. The molecule has 1 aromatic heterocycles. The van der Waals surface area contributed by atoms with Gasteiger partial charge in [0.05, 0.1) is 11.3 Å². The third-order valence-electron chi connectivity index (χ3n) is 3.72. The van der Waals surface area contributed by atoms with Gasteiger partial charge in [-0.1, -0.05) is 0 Å². The van der Waals surface area contributed by atoms with E-state index in [9.17, 15) is 21.6 Å². The highest BCUT2D eigenvalue weighted by Gasteiger charge is 2.49. The van der Waals surface area contributed by atoms with E-state index in [0.29, 0.717) is 25.1 Å². The number of nitrogens with zero attached hydrogens (tertiary/aromatic N) is 2. The quantitative estimate of drug-likeness (QED) is 0.618. The largest absolute Gasteiger partial charge is 0.534 e. The molecule has 23 heavy (non-hydrogen) atoms. The number of hydrogen-bond acceptors (Lipinski definition) is 5. The topological polar surface area (TPSA) is 70.4 Å². The summed E-state index contributed by atoms with van der Waals surface area (Å²) in [5, 5.41) is 4.31. The van der Waals surface area contributed by atoms with Crippen molar-refractivity contribution in [3.05, 3.63) is 23.5 Å². The lowest BCUT2D eigenvalue weighted by Gasteiger charge is -2.22. The monoisotopic (exact) mass is 352 g/mol. The Kier molecular flexibility index (Phi) is 4.13. The fourth-order valence-corrected chi connectivity index (χ4v) is 3.08. The molecule has 0 bridgehead atoms. The van der Waals surface area contributed by atoms with Crippen molar-refractivity contribution >= 4 is 15.9 Å². The van der Waals surface area contributed by atoms with E-state index in [2.05, 4.69) is 9.28 Å². The molecule has 0 radical (unpaired) electrons. The lowest BCUT2D eigenvalue weighted by molar-refractivity contribution is -0.0509. The number of allylic oxidation sites excluding steroid dienone is 1. The molecule has 1 atom stereocenters. The van der Waals surface area contributed by atoms with Crippen molar-refractivity contribution in [1.82, 2.24) is 9.78 Å². The Morgan fingerprint density at radius 1 is 1.35 bits per heavy atom. The zero-order chi connectivity index (χ0) is 16.7. The SMILES string of the molecule is O=S(=O)(OC1=CCCc2nn(C3CCCCO3)cc21)C(F)(F)F. The smallest absolute Gasteiger partial charge is 0.376 e. The van der Waals surface area contributed by atoms with Gasteiger partial charge in [0.2, 0.25) is 0 Å². The number of aryl methyl sites for hydroxylation is 1. The number of halogens is 3. The Hall–Kier alpha value is -1.55. The number of rotatable bonds is 3. The fourth-order valence-electron chi connectivity index (χ4n) is 2.59. The van der Waals surface area contributed by atoms with Crippen LogP contribution in [0.4, 0.5) is 13.2 Å². The minimum atomic E-state index is -5.69. The summed E-state index contributed by atoms with van der Waals surface area (Å²) in [4.78, 5) is 0. The first-order valence-corrected chi connectivity index (χ1v) is 8.60. The molecule has 0 spiro atoms. The molecule has 0 N–H and O–H groups in total. The number of aromatic nitrogens is 2. The Labute approximate surface area is 131 Å². The maximum Gasteiger partial charge on any atom is 0.534 e. The van der Waals surface area contributed by atoms with Gasteiger partial charge in [0.15, 0.2) is 0 Å². The first kappa shape index (κ1) is 16.3. The molecule has 3 rings (SSSR count). The van der Waals surface area contributed by atoms with Crippen LogP contribution in [-0.2, 0) is 25.5 Å². The average molecular weight is 352 g/mol. The highest BCUT2D eigenvalue weighted by atomic mass is 32.2. The normalized spacial score (nSPS) is 22.4. The summed E-state index contributed by atoms with van der Waals surface area (Å²) < 4.78 is 71.2. The lowest BCUT2D eigenvalue weighted by Crippen LogP contribution is -2.25. The summed E-state index contributed by atoms with van der Waals surface area (Å²) in [5.74, 6) is -0.328. The fraction of sp³-hybridized carbons (Fsp3) is 0.615. The molecule has 1 fully saturated rings. The van der Waals surface area contributed by atoms with Crippen LogP contribution in [-0.4, -0.2) is 30.3 Å². The van der Waals surface area contributed by atoms with Crippen LogP contribution in [0, 0.1) is 0 Å². The van der Waals surface area contributed by atoms with Gasteiger partial charge in [-0.3, -0.25) is 0 Å². The highest BCUT2D eigenvalue weighted by molar-refractivity contribution is 7.87. The first-order chi connectivity index (χ1) is 10.8. The van der Waals surface area contributed by atoms with Gasteiger partial charge in [-0.2, -0.15) is 26.7 Å². The van der Waals surface area contributed by atoms with Crippen molar-refractivity contribution in [3.63, 3.8) is 0 Å². The summed E-state index contributed by atoms with van der Waals surface area (Å²) in [6.45, 7) is 0.594. The predicted octanol–water partition coefficient (Wildman–Crippen LogP) is 2.74. The van der Waals surface area contributed by atoms with Crippen molar-refractivity contribution in [2.24, 2.45) is 0 Å². The van der Waals surface area contributed by atoms with E-state index >= 15 is 0 Å². The van der Waals surface area contributed by atoms with Crippen LogP contribution in [0.1, 0.15) is 43.2 Å². The molecular weight excluding hydrogens is 337 g/mol. The maximum atomic E-state index is 12.5. The maximum absolute atomic E-state index is 12.5. The van der Waals surface area contributed by atoms with Gasteiger partial charge in [-0.15, -0.1) is 0 Å². The molecule has 2 heterocycles. The lowest BCUT2D eigenvalue weighted by atomic mass is 10.0. The summed E-state index contributed by atoms with van der Waals surface area (Å²) >= 11 is 0. The Morgan fingerprint density at radius 2 is 2.13 bits per heavy atom. The van der Waals surface area contributed by atoms with E-state index in [1.807, 2.05) is 0 Å². The number of hydrogen-bond donors (Lipinski definition) is 0. The minimum Gasteiger partial charge on any atom is -0.376 e. The summed E-state index contributed by atoms with van der Waals surface area (Å²) in [6.07, 6.45) is 6.08. The molecule has 6 nitrogen and oxygen atoms in total. The van der Waals surface area contributed by atoms with Crippen LogP contribution in [0.3, 0.4) is 0 Å². The van der Waals surface area contributed by atoms with Crippen molar-refractivity contribution < 1.29 is 30.5 Å². The van der Waals surface area contributed by atoms with Gasteiger partial charge in [-0.25, -0.2) is 4.68 Å². The van der Waals surface area contributed by atoms with E-state index in [0.717, 1.165) is 19.3 Å². The van der Waals surface area contributed by atoms with E-state index in [-0.39, 0.29) is 17.6 Å². The summed E-state index contributed by atoms with van der Waals surface area (Å²) in [6, 6.07) is 0. The van der Waals surface area contributed by atoms with E-state index < -0.39 is 15.6 Å². The van der Waals surface area contributed by atoms with Crippen molar-refractivity contribution in [2.75, 3.05) is 6.61 Å². The van der Waals surface area contributed by atoms with Gasteiger partial charge < -0.3 is 8.92 Å². The van der Waals surface area contributed by atoms with Crippen molar-refractivity contribution in [2.45, 2.75) is 43.8 Å². The second kappa shape index (κ2) is 5.82. The van der Waals surface area contributed by atoms with Crippen LogP contribution in [0.25, 0.3) is 5.76 Å². The molecule has 0 saturated carbocycles. The molecule has 2 aliphatic rings. The molecule has 0 amide bonds. The Morgan fingerprint density at radius 3 is 2.78 bits per heavy atom. The van der Waals surface area contributed by atoms with E-state index in [1.54, 1.807) is 0 Å². The van der Waals surface area contributed by atoms with Gasteiger partial charge in [0.25, 0.3) is 0 Å². The van der Waals surface area contributed by atoms with E-state index in [1.165, 1.54) is 17.0 Å². The summed E-state index contributed by atoms with van der Waals surface area (Å²) in [5.41, 5.74) is -4.69. The zero-order valence-electron chi connectivity index (χ0n) is 12.0. The van der Waals surface area contributed by atoms with Crippen LogP contribution in [0.2, 0.25) is 0 Å². The molecule has 10 heteroatoms. The molecule has 1 unspecified atom stereocenters. The number of ether oxygens (including phenoxy) is 1. The minimum absolute atomic E-state index is 0.262. The van der Waals surface area contributed by atoms with Crippen LogP contribution < -0.4 is 0 Å². The van der Waals surface area contributed by atoms with Gasteiger partial charge in [-0.05, 0) is 38.2 Å². The molecule has 1 saturated heterocycles. The molecule has 1 aliphatic heterocycles. The molecular formula is C13H15F3N2O4S. The molecule has 1 aromatic rings. The first-order valence-electron chi connectivity index (χ1n) is 7.19. The molecule has 0 aromatic carbocycles. The van der Waals surface area contributed by atoms with Gasteiger partial charge >= 0.3 is 15.6 Å². The van der Waals surface area contributed by atoms with E-state index in [4.69, 9.17) is 4.74 Å². The van der Waals surface area contributed by atoms with Crippen molar-refractivity contribution in [1.29, 1.82) is 0 Å².